The minimum absolute atomic E-state index is 0.116. The second-order valence-electron chi connectivity index (χ2n) is 7.49. The van der Waals surface area contributed by atoms with Gasteiger partial charge in [-0.25, -0.2) is 0 Å². The van der Waals surface area contributed by atoms with E-state index in [1.165, 1.54) is 0 Å². The molecular formula is C22H24N4O3. The quantitative estimate of drug-likeness (QED) is 0.642. The molecule has 0 saturated carbocycles. The molecule has 4 rings (SSSR count). The van der Waals surface area contributed by atoms with Crippen molar-refractivity contribution in [3.63, 3.8) is 0 Å². The number of nitrogens with one attached hydrogen (secondary N) is 2. The van der Waals surface area contributed by atoms with Crippen LogP contribution in [0, 0.1) is 0 Å². The third-order valence-corrected chi connectivity index (χ3v) is 5.59. The molecule has 2 aliphatic rings. The van der Waals surface area contributed by atoms with Gasteiger partial charge in [0.1, 0.15) is 6.04 Å². The Balaban J connectivity index is 1.43. The maximum atomic E-state index is 12.9. The topological polar surface area (TPSA) is 105 Å². The molecule has 1 fully saturated rings. The standard InChI is InChI=1S/C22H24N4O3/c23-18(14-5-2-1-3-6-14)12-24-11-15-7-4-8-16-17(15)13-26(22(16)29)19-9-10-20(27)25-21(19)28/h1-8,18-19,24H,9-13,23H2,(H,25,27,28). The normalized spacial score (nSPS) is 19.8. The molecule has 0 bridgehead atoms. The van der Waals surface area contributed by atoms with Crippen LogP contribution >= 0.6 is 0 Å². The summed E-state index contributed by atoms with van der Waals surface area (Å²) >= 11 is 0. The van der Waals surface area contributed by atoms with Crippen molar-refractivity contribution in [2.24, 2.45) is 5.73 Å². The van der Waals surface area contributed by atoms with Gasteiger partial charge in [-0.1, -0.05) is 42.5 Å². The van der Waals surface area contributed by atoms with Gasteiger partial charge in [-0.2, -0.15) is 0 Å². The van der Waals surface area contributed by atoms with Crippen molar-refractivity contribution in [2.75, 3.05) is 6.54 Å². The van der Waals surface area contributed by atoms with E-state index in [0.717, 1.165) is 16.7 Å². The van der Waals surface area contributed by atoms with Crippen LogP contribution in [-0.4, -0.2) is 35.2 Å². The SMILES string of the molecule is NC(CNCc1cccc2c1CN(C1CCC(=O)NC1=O)C2=O)c1ccccc1. The molecule has 2 unspecified atom stereocenters. The average Bonchev–Trinajstić information content (AvgIpc) is 3.06. The predicted molar refractivity (Wildman–Crippen MR) is 108 cm³/mol. The summed E-state index contributed by atoms with van der Waals surface area (Å²) in [5.41, 5.74) is 9.89. The van der Waals surface area contributed by atoms with Crippen LogP contribution in [0.25, 0.3) is 0 Å². The Kier molecular flexibility index (Phi) is 5.42. The number of carbonyl (C=O) groups is 3. The number of piperidine rings is 1. The number of nitrogens with two attached hydrogens (primary N) is 1. The summed E-state index contributed by atoms with van der Waals surface area (Å²) in [6, 6.07) is 14.8. The molecule has 3 amide bonds. The molecule has 4 N–H and O–H groups in total. The first-order valence-corrected chi connectivity index (χ1v) is 9.81. The van der Waals surface area contributed by atoms with E-state index >= 15 is 0 Å². The van der Waals surface area contributed by atoms with E-state index in [1.807, 2.05) is 42.5 Å². The summed E-state index contributed by atoms with van der Waals surface area (Å²) in [4.78, 5) is 38.1. The fourth-order valence-corrected chi connectivity index (χ4v) is 4.00. The average molecular weight is 392 g/mol. The first kappa shape index (κ1) is 19.3. The van der Waals surface area contributed by atoms with Crippen LogP contribution in [0.3, 0.4) is 0 Å². The van der Waals surface area contributed by atoms with Crippen molar-refractivity contribution in [2.45, 2.75) is 38.0 Å². The number of carbonyl (C=O) groups excluding carboxylic acids is 3. The molecule has 2 aromatic carbocycles. The number of nitrogens with zero attached hydrogens (tertiary/aromatic N) is 1. The summed E-state index contributed by atoms with van der Waals surface area (Å²) in [6.45, 7) is 1.57. The third-order valence-electron chi connectivity index (χ3n) is 5.59. The van der Waals surface area contributed by atoms with Gasteiger partial charge < -0.3 is 16.0 Å². The lowest BCUT2D eigenvalue weighted by atomic mass is 10.0. The molecule has 0 aromatic heterocycles. The minimum atomic E-state index is -0.597. The molecule has 2 aromatic rings. The zero-order valence-electron chi connectivity index (χ0n) is 16.1. The van der Waals surface area contributed by atoms with Gasteiger partial charge in [0.15, 0.2) is 0 Å². The number of fused-ring (bicyclic) bond motifs is 1. The van der Waals surface area contributed by atoms with E-state index in [2.05, 4.69) is 10.6 Å². The molecule has 0 radical (unpaired) electrons. The summed E-state index contributed by atoms with van der Waals surface area (Å²) in [5.74, 6) is -0.830. The molecule has 2 atom stereocenters. The largest absolute Gasteiger partial charge is 0.323 e. The Hall–Kier alpha value is -3.03. The highest BCUT2D eigenvalue weighted by atomic mass is 16.2. The van der Waals surface area contributed by atoms with Crippen LogP contribution in [0.2, 0.25) is 0 Å². The van der Waals surface area contributed by atoms with Crippen molar-refractivity contribution in [3.05, 3.63) is 70.8 Å². The molecule has 0 spiro atoms. The van der Waals surface area contributed by atoms with Gasteiger partial charge in [-0.3, -0.25) is 19.7 Å². The van der Waals surface area contributed by atoms with E-state index in [-0.39, 0.29) is 24.3 Å². The minimum Gasteiger partial charge on any atom is -0.323 e. The molecule has 7 nitrogen and oxygen atoms in total. The monoisotopic (exact) mass is 392 g/mol. The van der Waals surface area contributed by atoms with Crippen LogP contribution in [0.5, 0.6) is 0 Å². The maximum Gasteiger partial charge on any atom is 0.255 e. The van der Waals surface area contributed by atoms with E-state index in [4.69, 9.17) is 5.73 Å². The third kappa shape index (κ3) is 3.92. The number of imide groups is 1. The first-order chi connectivity index (χ1) is 14.0. The van der Waals surface area contributed by atoms with Crippen LogP contribution in [0.15, 0.2) is 48.5 Å². The van der Waals surface area contributed by atoms with Crippen LogP contribution in [0.4, 0.5) is 0 Å². The van der Waals surface area contributed by atoms with Crippen molar-refractivity contribution < 1.29 is 14.4 Å². The van der Waals surface area contributed by atoms with Gasteiger partial charge in [0.2, 0.25) is 11.8 Å². The van der Waals surface area contributed by atoms with Gasteiger partial charge in [0.05, 0.1) is 0 Å². The lowest BCUT2D eigenvalue weighted by Crippen LogP contribution is -2.52. The summed E-state index contributed by atoms with van der Waals surface area (Å²) < 4.78 is 0. The van der Waals surface area contributed by atoms with E-state index in [0.29, 0.717) is 31.6 Å². The number of amides is 3. The fourth-order valence-electron chi connectivity index (χ4n) is 4.00. The van der Waals surface area contributed by atoms with Crippen molar-refractivity contribution in [3.8, 4) is 0 Å². The molecule has 150 valence electrons. The highest BCUT2D eigenvalue weighted by Crippen LogP contribution is 2.29. The fraction of sp³-hybridized carbons (Fsp3) is 0.318. The number of hydrogen-bond donors (Lipinski definition) is 3. The molecule has 7 heteroatoms. The Labute approximate surface area is 169 Å². The summed E-state index contributed by atoms with van der Waals surface area (Å²) in [5, 5.41) is 5.71. The molecule has 2 heterocycles. The second-order valence-corrected chi connectivity index (χ2v) is 7.49. The predicted octanol–water partition coefficient (Wildman–Crippen LogP) is 1.24. The van der Waals surface area contributed by atoms with E-state index in [9.17, 15) is 14.4 Å². The van der Waals surface area contributed by atoms with E-state index in [1.54, 1.807) is 11.0 Å². The summed E-state index contributed by atoms with van der Waals surface area (Å²) in [7, 11) is 0. The van der Waals surface area contributed by atoms with Crippen LogP contribution in [0.1, 0.15) is 45.9 Å². The van der Waals surface area contributed by atoms with E-state index < -0.39 is 11.9 Å². The van der Waals surface area contributed by atoms with Crippen molar-refractivity contribution >= 4 is 17.7 Å². The Morgan fingerprint density at radius 1 is 1.10 bits per heavy atom. The number of rotatable bonds is 6. The molecule has 29 heavy (non-hydrogen) atoms. The number of hydrogen-bond acceptors (Lipinski definition) is 5. The molecular weight excluding hydrogens is 368 g/mol. The van der Waals surface area contributed by atoms with Gasteiger partial charge >= 0.3 is 0 Å². The first-order valence-electron chi connectivity index (χ1n) is 9.81. The Morgan fingerprint density at radius 2 is 1.90 bits per heavy atom. The smallest absolute Gasteiger partial charge is 0.255 e. The second kappa shape index (κ2) is 8.14. The Morgan fingerprint density at radius 3 is 2.66 bits per heavy atom. The van der Waals surface area contributed by atoms with Crippen LogP contribution < -0.4 is 16.4 Å². The van der Waals surface area contributed by atoms with Gasteiger partial charge in [0, 0.05) is 37.7 Å². The van der Waals surface area contributed by atoms with Crippen molar-refractivity contribution in [1.82, 2.24) is 15.5 Å². The highest BCUT2D eigenvalue weighted by molar-refractivity contribution is 6.05. The van der Waals surface area contributed by atoms with Gasteiger partial charge in [-0.05, 0) is 29.2 Å². The molecule has 2 aliphatic heterocycles. The zero-order valence-corrected chi connectivity index (χ0v) is 16.1. The maximum absolute atomic E-state index is 12.9. The van der Waals surface area contributed by atoms with Gasteiger partial charge in [0.25, 0.3) is 5.91 Å². The lowest BCUT2D eigenvalue weighted by Gasteiger charge is -2.29. The number of benzene rings is 2. The lowest BCUT2D eigenvalue weighted by molar-refractivity contribution is -0.136. The molecule has 0 aliphatic carbocycles. The zero-order chi connectivity index (χ0) is 20.4. The molecule has 1 saturated heterocycles. The van der Waals surface area contributed by atoms with Gasteiger partial charge in [-0.15, -0.1) is 0 Å². The highest BCUT2D eigenvalue weighted by Gasteiger charge is 2.39. The Bertz CT molecular complexity index is 944. The summed E-state index contributed by atoms with van der Waals surface area (Å²) in [6.07, 6.45) is 0.617. The van der Waals surface area contributed by atoms with Crippen molar-refractivity contribution in [1.29, 1.82) is 0 Å². The van der Waals surface area contributed by atoms with Crippen LogP contribution in [-0.2, 0) is 22.7 Å².